The molecule has 0 bridgehead atoms. The smallest absolute Gasteiger partial charge is 0.123 e. The lowest BCUT2D eigenvalue weighted by atomic mass is 10.1. The zero-order chi connectivity index (χ0) is 14.5. The molecule has 1 saturated heterocycles. The van der Waals surface area contributed by atoms with Gasteiger partial charge in [-0.05, 0) is 18.2 Å². The summed E-state index contributed by atoms with van der Waals surface area (Å²) in [6.45, 7) is 2.76. The topological polar surface area (TPSA) is 68.0 Å². The summed E-state index contributed by atoms with van der Waals surface area (Å²) in [5.74, 6) is 0.799. The zero-order valence-corrected chi connectivity index (χ0v) is 12.4. The van der Waals surface area contributed by atoms with Gasteiger partial charge >= 0.3 is 0 Å². The van der Waals surface area contributed by atoms with Crippen LogP contribution in [0.5, 0.6) is 5.75 Å². The summed E-state index contributed by atoms with van der Waals surface area (Å²) in [5.41, 5.74) is 7.51. The molecule has 1 fully saturated rings. The van der Waals surface area contributed by atoms with Crippen molar-refractivity contribution in [3.8, 4) is 5.75 Å². The minimum Gasteiger partial charge on any atom is -0.496 e. The molecule has 20 heavy (non-hydrogen) atoms. The van der Waals surface area contributed by atoms with Crippen LogP contribution in [-0.4, -0.2) is 54.5 Å². The lowest BCUT2D eigenvalue weighted by Crippen LogP contribution is -2.46. The van der Waals surface area contributed by atoms with Gasteiger partial charge < -0.3 is 20.3 Å². The molecule has 0 aromatic heterocycles. The average Bonchev–Trinajstić information content (AvgIpc) is 2.47. The van der Waals surface area contributed by atoms with E-state index in [0.717, 1.165) is 23.4 Å². The van der Waals surface area contributed by atoms with Crippen molar-refractivity contribution in [2.75, 3.05) is 33.5 Å². The summed E-state index contributed by atoms with van der Waals surface area (Å²) in [5, 5.41) is 9.42. The number of hydrogen-bond acceptors (Lipinski definition) is 5. The first-order chi connectivity index (χ1) is 9.65. The molecule has 1 unspecified atom stereocenters. The van der Waals surface area contributed by atoms with Crippen LogP contribution in [0.4, 0.5) is 0 Å². The Morgan fingerprint density at radius 1 is 1.60 bits per heavy atom. The summed E-state index contributed by atoms with van der Waals surface area (Å²) in [6, 6.07) is 5.69. The molecule has 0 spiro atoms. The van der Waals surface area contributed by atoms with Crippen molar-refractivity contribution < 1.29 is 14.6 Å². The van der Waals surface area contributed by atoms with Gasteiger partial charge in [-0.15, -0.1) is 0 Å². The molecule has 110 valence electrons. The van der Waals surface area contributed by atoms with Gasteiger partial charge in [0.15, 0.2) is 0 Å². The highest BCUT2D eigenvalue weighted by atomic mass is 32.1. The number of thiocarbonyl (C=S) groups is 1. The lowest BCUT2D eigenvalue weighted by Gasteiger charge is -2.34. The second-order valence-electron chi connectivity index (χ2n) is 4.77. The molecule has 0 amide bonds. The third-order valence-electron chi connectivity index (χ3n) is 3.50. The Balaban J connectivity index is 2.21. The summed E-state index contributed by atoms with van der Waals surface area (Å²) in [4.78, 5) is 2.56. The summed E-state index contributed by atoms with van der Waals surface area (Å²) in [7, 11) is 1.64. The Kier molecular flexibility index (Phi) is 5.31. The van der Waals surface area contributed by atoms with E-state index >= 15 is 0 Å². The van der Waals surface area contributed by atoms with Crippen molar-refractivity contribution in [2.24, 2.45) is 5.73 Å². The van der Waals surface area contributed by atoms with Gasteiger partial charge in [0.05, 0.1) is 33.0 Å². The van der Waals surface area contributed by atoms with Gasteiger partial charge in [-0.25, -0.2) is 0 Å². The van der Waals surface area contributed by atoms with E-state index < -0.39 is 0 Å². The highest BCUT2D eigenvalue weighted by molar-refractivity contribution is 7.80. The van der Waals surface area contributed by atoms with Gasteiger partial charge in [0.2, 0.25) is 0 Å². The molecule has 3 N–H and O–H groups in total. The van der Waals surface area contributed by atoms with Gasteiger partial charge in [0.1, 0.15) is 10.7 Å². The lowest BCUT2D eigenvalue weighted by molar-refractivity contribution is -0.0314. The molecule has 0 aliphatic carbocycles. The highest BCUT2D eigenvalue weighted by Gasteiger charge is 2.23. The number of benzene rings is 1. The van der Waals surface area contributed by atoms with Crippen molar-refractivity contribution in [3.63, 3.8) is 0 Å². The molecule has 1 aromatic carbocycles. The summed E-state index contributed by atoms with van der Waals surface area (Å²) in [6.07, 6.45) is 0. The molecule has 1 aliphatic heterocycles. The fourth-order valence-corrected chi connectivity index (χ4v) is 2.47. The maximum absolute atomic E-state index is 9.42. The zero-order valence-electron chi connectivity index (χ0n) is 11.5. The number of aliphatic hydroxyl groups excluding tert-OH is 1. The van der Waals surface area contributed by atoms with Crippen LogP contribution in [-0.2, 0) is 11.3 Å². The molecular weight excluding hydrogens is 276 g/mol. The van der Waals surface area contributed by atoms with Gasteiger partial charge in [-0.2, -0.15) is 0 Å². The largest absolute Gasteiger partial charge is 0.496 e. The second-order valence-corrected chi connectivity index (χ2v) is 5.21. The molecule has 6 heteroatoms. The normalized spacial score (nSPS) is 19.8. The third kappa shape index (κ3) is 3.46. The van der Waals surface area contributed by atoms with E-state index in [0.29, 0.717) is 24.7 Å². The number of nitrogens with zero attached hydrogens (tertiary/aromatic N) is 1. The third-order valence-corrected chi connectivity index (χ3v) is 3.73. The standard InChI is InChI=1S/C14H20N2O3S/c1-18-13-3-2-10(14(15)20)6-11(13)7-16-4-5-19-9-12(16)8-17/h2-3,6,12,17H,4-5,7-9H2,1H3,(H2,15,20). The fourth-order valence-electron chi connectivity index (χ4n) is 2.34. The number of ether oxygens (including phenoxy) is 2. The number of aliphatic hydroxyl groups is 1. The fraction of sp³-hybridized carbons (Fsp3) is 0.500. The van der Waals surface area contributed by atoms with Crippen LogP contribution in [0.15, 0.2) is 18.2 Å². The summed E-state index contributed by atoms with van der Waals surface area (Å²) >= 11 is 5.01. The molecule has 1 heterocycles. The van der Waals surface area contributed by atoms with E-state index in [1.165, 1.54) is 0 Å². The molecule has 5 nitrogen and oxygen atoms in total. The molecule has 0 radical (unpaired) electrons. The van der Waals surface area contributed by atoms with E-state index in [1.807, 2.05) is 18.2 Å². The van der Waals surface area contributed by atoms with E-state index in [9.17, 15) is 5.11 Å². The number of hydrogen-bond donors (Lipinski definition) is 2. The van der Waals surface area contributed by atoms with E-state index in [4.69, 9.17) is 27.4 Å². The SMILES string of the molecule is COc1ccc(C(N)=S)cc1CN1CCOCC1CO. The van der Waals surface area contributed by atoms with Crippen LogP contribution in [0.25, 0.3) is 0 Å². The predicted octanol–water partition coefficient (Wildman–Crippen LogP) is 0.522. The first-order valence-electron chi connectivity index (χ1n) is 6.55. The minimum absolute atomic E-state index is 0.0157. The van der Waals surface area contributed by atoms with Gasteiger partial charge in [0, 0.05) is 24.2 Å². The molecule has 1 atom stereocenters. The number of morpholine rings is 1. The molecular formula is C14H20N2O3S. The van der Waals surface area contributed by atoms with Crippen molar-refractivity contribution in [2.45, 2.75) is 12.6 Å². The quantitative estimate of drug-likeness (QED) is 0.772. The second kappa shape index (κ2) is 6.99. The number of methoxy groups -OCH3 is 1. The van der Waals surface area contributed by atoms with Crippen molar-refractivity contribution in [3.05, 3.63) is 29.3 Å². The van der Waals surface area contributed by atoms with Crippen LogP contribution in [0.1, 0.15) is 11.1 Å². The average molecular weight is 296 g/mol. The molecule has 0 saturated carbocycles. The Hall–Kier alpha value is -1.21. The predicted molar refractivity (Wildman–Crippen MR) is 81.0 cm³/mol. The van der Waals surface area contributed by atoms with E-state index in [-0.39, 0.29) is 12.6 Å². The number of rotatable bonds is 5. The Bertz CT molecular complexity index is 481. The van der Waals surface area contributed by atoms with Crippen molar-refractivity contribution in [1.29, 1.82) is 0 Å². The molecule has 1 aromatic rings. The Morgan fingerprint density at radius 2 is 2.40 bits per heavy atom. The van der Waals surface area contributed by atoms with Crippen molar-refractivity contribution >= 4 is 17.2 Å². The first kappa shape index (κ1) is 15.2. The summed E-state index contributed by atoms with van der Waals surface area (Å²) < 4.78 is 10.8. The monoisotopic (exact) mass is 296 g/mol. The van der Waals surface area contributed by atoms with Gasteiger partial charge in [-0.1, -0.05) is 12.2 Å². The first-order valence-corrected chi connectivity index (χ1v) is 6.96. The van der Waals surface area contributed by atoms with Crippen LogP contribution in [0.3, 0.4) is 0 Å². The van der Waals surface area contributed by atoms with Gasteiger partial charge in [0.25, 0.3) is 0 Å². The Morgan fingerprint density at radius 3 is 3.05 bits per heavy atom. The van der Waals surface area contributed by atoms with Crippen LogP contribution >= 0.6 is 12.2 Å². The Labute approximate surface area is 124 Å². The van der Waals surface area contributed by atoms with Crippen LogP contribution < -0.4 is 10.5 Å². The molecule has 2 rings (SSSR count). The maximum atomic E-state index is 9.42. The molecule has 1 aliphatic rings. The van der Waals surface area contributed by atoms with Crippen molar-refractivity contribution in [1.82, 2.24) is 4.90 Å². The van der Waals surface area contributed by atoms with E-state index in [1.54, 1.807) is 7.11 Å². The maximum Gasteiger partial charge on any atom is 0.123 e. The minimum atomic E-state index is 0.0157. The van der Waals surface area contributed by atoms with E-state index in [2.05, 4.69) is 4.90 Å². The van der Waals surface area contributed by atoms with Crippen LogP contribution in [0.2, 0.25) is 0 Å². The van der Waals surface area contributed by atoms with Crippen LogP contribution in [0, 0.1) is 0 Å². The highest BCUT2D eigenvalue weighted by Crippen LogP contribution is 2.23. The van der Waals surface area contributed by atoms with Gasteiger partial charge in [-0.3, -0.25) is 4.90 Å². The number of nitrogens with two attached hydrogens (primary N) is 1.